The maximum Gasteiger partial charge on any atom is 0.248 e. The smallest absolute Gasteiger partial charge is 0.248 e. The van der Waals surface area contributed by atoms with E-state index in [1.807, 2.05) is 0 Å². The molecule has 1 aliphatic heterocycles. The average molecular weight is 291 g/mol. The van der Waals surface area contributed by atoms with Crippen molar-refractivity contribution in [3.8, 4) is 0 Å². The first-order chi connectivity index (χ1) is 8.47. The van der Waals surface area contributed by atoms with Gasteiger partial charge in [-0.05, 0) is 12.1 Å². The molecule has 1 aliphatic rings. The summed E-state index contributed by atoms with van der Waals surface area (Å²) < 4.78 is 18.6. The number of nitrogens with one attached hydrogen (secondary N) is 1. The van der Waals surface area contributed by atoms with E-state index in [0.29, 0.717) is 5.69 Å². The van der Waals surface area contributed by atoms with Crippen molar-refractivity contribution in [1.29, 1.82) is 0 Å². The molecule has 0 bridgehead atoms. The van der Waals surface area contributed by atoms with Crippen molar-refractivity contribution in [3.63, 3.8) is 0 Å². The fourth-order valence-corrected chi connectivity index (χ4v) is 2.95. The molecule has 0 fully saturated rings. The summed E-state index contributed by atoms with van der Waals surface area (Å²) in [5.41, 5.74) is 5.50. The Kier molecular flexibility index (Phi) is 3.54. The van der Waals surface area contributed by atoms with Gasteiger partial charge in [-0.15, -0.1) is 0 Å². The lowest BCUT2D eigenvalue weighted by Gasteiger charge is -2.06. The zero-order valence-electron chi connectivity index (χ0n) is 9.24. The number of halogens is 2. The van der Waals surface area contributed by atoms with Crippen LogP contribution in [0.5, 0.6) is 0 Å². The third-order valence-electron chi connectivity index (χ3n) is 2.57. The number of benzene rings is 1. The average Bonchev–Trinajstić information content (AvgIpc) is 2.73. The molecule has 5 nitrogen and oxygen atoms in total. The number of anilines is 1. The minimum Gasteiger partial charge on any atom is -0.603 e. The van der Waals surface area contributed by atoms with E-state index in [9.17, 15) is 14.1 Å². The van der Waals surface area contributed by atoms with E-state index in [1.54, 1.807) is 0 Å². The predicted molar refractivity (Wildman–Crippen MR) is 66.1 cm³/mol. The Bertz CT molecular complexity index is 564. The Hall–Kier alpha value is -1.20. The van der Waals surface area contributed by atoms with Crippen molar-refractivity contribution in [2.45, 2.75) is 6.04 Å². The Morgan fingerprint density at radius 2 is 2.33 bits per heavy atom. The summed E-state index contributed by atoms with van der Waals surface area (Å²) in [7, 11) is -1.16. The van der Waals surface area contributed by atoms with Gasteiger partial charge in [-0.25, -0.2) is 4.39 Å². The predicted octanol–water partition coefficient (Wildman–Crippen LogP) is 0.598. The SMILES string of the molecule is CO[P+]([O-])=C1c2c(ccc(Cl)c2F)NC1C(N)=O. The molecule has 0 saturated carbocycles. The Morgan fingerprint density at radius 1 is 1.67 bits per heavy atom. The van der Waals surface area contributed by atoms with Crippen LogP contribution in [0.1, 0.15) is 5.56 Å². The van der Waals surface area contributed by atoms with Crippen LogP contribution in [0.3, 0.4) is 0 Å². The molecule has 1 heterocycles. The summed E-state index contributed by atoms with van der Waals surface area (Å²) in [4.78, 5) is 23.1. The van der Waals surface area contributed by atoms with Crippen molar-refractivity contribution >= 4 is 36.5 Å². The second-order valence-corrected chi connectivity index (χ2v) is 5.36. The van der Waals surface area contributed by atoms with Crippen LogP contribution in [0.25, 0.3) is 0 Å². The third-order valence-corrected chi connectivity index (χ3v) is 4.07. The quantitative estimate of drug-likeness (QED) is 0.781. The number of nitrogens with two attached hydrogens (primary N) is 1. The number of fused-ring (bicyclic) bond motifs is 1. The molecule has 2 unspecified atom stereocenters. The fourth-order valence-electron chi connectivity index (χ4n) is 1.79. The molecule has 1 amide bonds. The van der Waals surface area contributed by atoms with Gasteiger partial charge in [-0.2, -0.15) is 4.52 Å². The highest BCUT2D eigenvalue weighted by Crippen LogP contribution is 2.37. The van der Waals surface area contributed by atoms with Crippen LogP contribution in [-0.2, 0) is 9.32 Å². The number of hydrogen-bond donors (Lipinski definition) is 2. The molecular weight excluding hydrogens is 282 g/mol. The molecule has 18 heavy (non-hydrogen) atoms. The summed E-state index contributed by atoms with van der Waals surface area (Å²) in [6, 6.07) is 1.77. The van der Waals surface area contributed by atoms with Crippen molar-refractivity contribution < 1.29 is 18.6 Å². The first kappa shape index (κ1) is 13.2. The van der Waals surface area contributed by atoms with E-state index in [1.165, 1.54) is 19.2 Å². The van der Waals surface area contributed by atoms with Crippen LogP contribution in [0.4, 0.5) is 10.1 Å². The topological polar surface area (TPSA) is 87.4 Å². The van der Waals surface area contributed by atoms with E-state index < -0.39 is 25.8 Å². The van der Waals surface area contributed by atoms with Gasteiger partial charge in [0.05, 0.1) is 17.7 Å². The molecule has 3 N–H and O–H groups in total. The van der Waals surface area contributed by atoms with Crippen LogP contribution >= 0.6 is 19.6 Å². The van der Waals surface area contributed by atoms with Crippen molar-refractivity contribution in [1.82, 2.24) is 0 Å². The lowest BCUT2D eigenvalue weighted by atomic mass is 10.1. The third kappa shape index (κ3) is 1.97. The van der Waals surface area contributed by atoms with Crippen molar-refractivity contribution in [2.75, 3.05) is 12.4 Å². The molecule has 0 saturated heterocycles. The normalized spacial score (nSPS) is 20.3. The lowest BCUT2D eigenvalue weighted by molar-refractivity contribution is -0.170. The second-order valence-electron chi connectivity index (χ2n) is 3.59. The van der Waals surface area contributed by atoms with Crippen molar-refractivity contribution in [3.05, 3.63) is 28.5 Å². The van der Waals surface area contributed by atoms with E-state index in [4.69, 9.17) is 17.3 Å². The first-order valence-corrected chi connectivity index (χ1v) is 6.45. The highest BCUT2D eigenvalue weighted by molar-refractivity contribution is 7.48. The Balaban J connectivity index is 2.70. The van der Waals surface area contributed by atoms with Gasteiger partial charge in [0, 0.05) is 5.69 Å². The van der Waals surface area contributed by atoms with Gasteiger partial charge < -0.3 is 15.9 Å². The van der Waals surface area contributed by atoms with Gasteiger partial charge in [0.15, 0.2) is 17.2 Å². The largest absolute Gasteiger partial charge is 0.603 e. The van der Waals surface area contributed by atoms with Gasteiger partial charge >= 0.3 is 0 Å². The number of rotatable bonds is 2. The number of primary amides is 1. The number of carbonyl (C=O) groups excluding carboxylic acids is 1. The number of amides is 1. The van der Waals surface area contributed by atoms with Crippen LogP contribution in [-0.4, -0.2) is 24.4 Å². The molecule has 2 atom stereocenters. The standard InChI is InChI=1S/C10H9ClFN2O3P/c1-17-18(16)9-6-5(14-8(9)10(13)15)3-2-4(11)7(6)12/h2-3,8,14H,1H3,(H2,13,15). The molecule has 96 valence electrons. The maximum atomic E-state index is 14.0. The highest BCUT2D eigenvalue weighted by atomic mass is 35.5. The minimum atomic E-state index is -2.36. The van der Waals surface area contributed by atoms with Crippen LogP contribution in [0, 0.1) is 5.82 Å². The molecule has 0 aromatic heterocycles. The molecule has 0 radical (unpaired) electrons. The van der Waals surface area contributed by atoms with Gasteiger partial charge in [0.25, 0.3) is 0 Å². The first-order valence-electron chi connectivity index (χ1n) is 4.89. The van der Waals surface area contributed by atoms with E-state index >= 15 is 0 Å². The molecule has 0 aliphatic carbocycles. The zero-order valence-corrected chi connectivity index (χ0v) is 10.9. The zero-order chi connectivity index (χ0) is 13.4. The summed E-state index contributed by atoms with van der Waals surface area (Å²) in [6.45, 7) is 0. The summed E-state index contributed by atoms with van der Waals surface area (Å²) in [5, 5.41) is 2.55. The monoisotopic (exact) mass is 290 g/mol. The van der Waals surface area contributed by atoms with Crippen LogP contribution < -0.4 is 15.9 Å². The van der Waals surface area contributed by atoms with E-state index in [0.717, 1.165) is 0 Å². The molecule has 0 spiro atoms. The molecule has 8 heteroatoms. The number of carbonyl (C=O) groups is 1. The second kappa shape index (κ2) is 4.82. The molecule has 1 aromatic carbocycles. The van der Waals surface area contributed by atoms with Gasteiger partial charge in [-0.1, -0.05) is 11.6 Å². The number of hydrogen-bond acceptors (Lipinski definition) is 4. The molecule has 2 rings (SSSR count). The summed E-state index contributed by atoms with van der Waals surface area (Å²) in [6.07, 6.45) is 0. The van der Waals surface area contributed by atoms with Gasteiger partial charge in [0.1, 0.15) is 0 Å². The minimum absolute atomic E-state index is 0.00531. The summed E-state index contributed by atoms with van der Waals surface area (Å²) in [5.74, 6) is -1.52. The summed E-state index contributed by atoms with van der Waals surface area (Å²) >= 11 is 5.66. The lowest BCUT2D eigenvalue weighted by Crippen LogP contribution is -2.38. The van der Waals surface area contributed by atoms with Crippen LogP contribution in [0.15, 0.2) is 12.1 Å². The van der Waals surface area contributed by atoms with Crippen LogP contribution in [0.2, 0.25) is 5.02 Å². The van der Waals surface area contributed by atoms with Crippen molar-refractivity contribution in [2.24, 2.45) is 5.73 Å². The maximum absolute atomic E-state index is 14.0. The molecule has 1 aromatic rings. The van der Waals surface area contributed by atoms with Gasteiger partial charge in [0.2, 0.25) is 13.9 Å². The van der Waals surface area contributed by atoms with Gasteiger partial charge in [-0.3, -0.25) is 4.79 Å². The molecular formula is C10H9ClFN2O3P. The fraction of sp³-hybridized carbons (Fsp3) is 0.200. The highest BCUT2D eigenvalue weighted by Gasteiger charge is 2.40. The Labute approximate surface area is 108 Å². The Morgan fingerprint density at radius 3 is 2.89 bits per heavy atom. The van der Waals surface area contributed by atoms with E-state index in [-0.39, 0.29) is 15.9 Å². The van der Waals surface area contributed by atoms with E-state index in [2.05, 4.69) is 9.84 Å².